The van der Waals surface area contributed by atoms with E-state index in [1.54, 1.807) is 6.07 Å². The summed E-state index contributed by atoms with van der Waals surface area (Å²) in [5.41, 5.74) is 0.692. The summed E-state index contributed by atoms with van der Waals surface area (Å²) in [5.74, 6) is -0.268. The maximum absolute atomic E-state index is 11.7. The molecule has 0 aliphatic rings. The molecule has 0 unspecified atom stereocenters. The number of esters is 2. The second-order valence-electron chi connectivity index (χ2n) is 5.48. The molecule has 0 spiro atoms. The minimum Gasteiger partial charge on any atom is -0.462 e. The Balaban J connectivity index is 2.59. The molecule has 0 aliphatic carbocycles. The lowest BCUT2D eigenvalue weighted by molar-refractivity contribution is 0.0445. The van der Waals surface area contributed by atoms with Crippen molar-refractivity contribution in [3.63, 3.8) is 0 Å². The molecule has 0 bridgehead atoms. The van der Waals surface area contributed by atoms with Gasteiger partial charge in [0.25, 0.3) is 0 Å². The first-order chi connectivity index (χ1) is 9.40. The highest BCUT2D eigenvalue weighted by Crippen LogP contribution is 2.08. The summed E-state index contributed by atoms with van der Waals surface area (Å²) >= 11 is 0. The van der Waals surface area contributed by atoms with Gasteiger partial charge in [-0.15, -0.1) is 0 Å². The molecule has 4 nitrogen and oxygen atoms in total. The molecule has 20 heavy (non-hydrogen) atoms. The Morgan fingerprint density at radius 3 is 2.00 bits per heavy atom. The van der Waals surface area contributed by atoms with Gasteiger partial charge >= 0.3 is 11.9 Å². The highest BCUT2D eigenvalue weighted by Gasteiger charge is 2.12. The molecule has 0 aliphatic heterocycles. The summed E-state index contributed by atoms with van der Waals surface area (Å²) in [6.07, 6.45) is 0. The van der Waals surface area contributed by atoms with E-state index in [0.717, 1.165) is 0 Å². The van der Waals surface area contributed by atoms with Crippen LogP contribution in [0.2, 0.25) is 0 Å². The Hall–Kier alpha value is -1.84. The molecular formula is C16H21O4. The summed E-state index contributed by atoms with van der Waals surface area (Å²) in [7, 11) is 0. The molecule has 1 aromatic rings. The average molecular weight is 277 g/mol. The van der Waals surface area contributed by atoms with Gasteiger partial charge in [0.05, 0.1) is 24.3 Å². The smallest absolute Gasteiger partial charge is 0.338 e. The molecule has 0 saturated carbocycles. The molecule has 109 valence electrons. The molecule has 0 N–H and O–H groups in total. The van der Waals surface area contributed by atoms with Crippen molar-refractivity contribution >= 4 is 11.9 Å². The third-order valence-electron chi connectivity index (χ3n) is 2.36. The van der Waals surface area contributed by atoms with Crippen LogP contribution in [0.5, 0.6) is 0 Å². The maximum atomic E-state index is 11.7. The Morgan fingerprint density at radius 1 is 1.00 bits per heavy atom. The van der Waals surface area contributed by atoms with Crippen molar-refractivity contribution in [2.75, 3.05) is 13.2 Å². The summed E-state index contributed by atoms with van der Waals surface area (Å²) in [4.78, 5) is 23.4. The maximum Gasteiger partial charge on any atom is 0.338 e. The van der Waals surface area contributed by atoms with Crippen LogP contribution in [-0.2, 0) is 9.47 Å². The zero-order valence-electron chi connectivity index (χ0n) is 12.4. The van der Waals surface area contributed by atoms with Gasteiger partial charge in [0, 0.05) is 0 Å². The minimum atomic E-state index is -0.430. The van der Waals surface area contributed by atoms with Crippen LogP contribution in [0.3, 0.4) is 0 Å². The highest BCUT2D eigenvalue weighted by atomic mass is 16.5. The van der Waals surface area contributed by atoms with Crippen LogP contribution in [0.15, 0.2) is 18.2 Å². The second kappa shape index (κ2) is 7.68. The number of ether oxygens (including phenoxy) is 2. The molecule has 0 aromatic heterocycles. The van der Waals surface area contributed by atoms with Crippen molar-refractivity contribution in [1.82, 2.24) is 0 Å². The van der Waals surface area contributed by atoms with Crippen molar-refractivity contribution in [3.8, 4) is 0 Å². The number of hydrogen-bond donors (Lipinski definition) is 0. The standard InChI is InChI=1S/C16H21O4/c1-11(2)9-19-15(17)13-5-7-14(8-6-13)16(18)20-10-12(3)4/h5-7,11-12H,9-10H2,1-4H3. The van der Waals surface area contributed by atoms with Gasteiger partial charge in [-0.2, -0.15) is 0 Å². The zero-order valence-corrected chi connectivity index (χ0v) is 12.4. The van der Waals surface area contributed by atoms with Gasteiger partial charge in [-0.3, -0.25) is 0 Å². The SMILES string of the molecule is CC(C)COC(=O)c1[c]cc(C(=O)OCC(C)C)cc1. The molecule has 0 amide bonds. The average Bonchev–Trinajstić information content (AvgIpc) is 2.42. The van der Waals surface area contributed by atoms with Crippen LogP contribution >= 0.6 is 0 Å². The fourth-order valence-electron chi connectivity index (χ4n) is 1.32. The van der Waals surface area contributed by atoms with Crippen LogP contribution in [0, 0.1) is 17.9 Å². The van der Waals surface area contributed by atoms with E-state index < -0.39 is 11.9 Å². The van der Waals surface area contributed by atoms with Crippen molar-refractivity contribution in [2.24, 2.45) is 11.8 Å². The van der Waals surface area contributed by atoms with E-state index in [0.29, 0.717) is 24.3 Å². The summed E-state index contributed by atoms with van der Waals surface area (Å²) in [6, 6.07) is 7.28. The third-order valence-corrected chi connectivity index (χ3v) is 2.36. The van der Waals surface area contributed by atoms with Gasteiger partial charge in [-0.1, -0.05) is 27.7 Å². The number of hydrogen-bond acceptors (Lipinski definition) is 4. The molecular weight excluding hydrogens is 256 g/mol. The van der Waals surface area contributed by atoms with E-state index in [1.165, 1.54) is 12.1 Å². The van der Waals surface area contributed by atoms with Crippen molar-refractivity contribution in [2.45, 2.75) is 27.7 Å². The largest absolute Gasteiger partial charge is 0.462 e. The Bertz CT molecular complexity index is 403. The molecule has 1 rings (SSSR count). The third kappa shape index (κ3) is 5.43. The lowest BCUT2D eigenvalue weighted by Gasteiger charge is -2.08. The predicted octanol–water partition coefficient (Wildman–Crippen LogP) is 3.11. The molecule has 4 heteroatoms. The van der Waals surface area contributed by atoms with Crippen LogP contribution in [0.25, 0.3) is 0 Å². The minimum absolute atomic E-state index is 0.282. The summed E-state index contributed by atoms with van der Waals surface area (Å²) < 4.78 is 10.2. The van der Waals surface area contributed by atoms with Gasteiger partial charge in [0.15, 0.2) is 0 Å². The highest BCUT2D eigenvalue weighted by molar-refractivity contribution is 5.93. The Kier molecular flexibility index (Phi) is 6.22. The van der Waals surface area contributed by atoms with Gasteiger partial charge in [-0.25, -0.2) is 9.59 Å². The van der Waals surface area contributed by atoms with Crippen LogP contribution in [0.1, 0.15) is 48.4 Å². The van der Waals surface area contributed by atoms with E-state index >= 15 is 0 Å². The lowest BCUT2D eigenvalue weighted by atomic mass is 10.1. The fourth-order valence-corrected chi connectivity index (χ4v) is 1.32. The first kappa shape index (κ1) is 16.2. The molecule has 0 saturated heterocycles. The monoisotopic (exact) mass is 277 g/mol. The van der Waals surface area contributed by atoms with Crippen LogP contribution < -0.4 is 0 Å². The van der Waals surface area contributed by atoms with Gasteiger partial charge < -0.3 is 9.47 Å². The normalized spacial score (nSPS) is 10.7. The first-order valence-corrected chi connectivity index (χ1v) is 6.76. The molecule has 0 fully saturated rings. The molecule has 1 radical (unpaired) electrons. The van der Waals surface area contributed by atoms with E-state index in [9.17, 15) is 9.59 Å². The summed E-state index contributed by atoms with van der Waals surface area (Å²) in [5, 5.41) is 0. The molecule has 1 aromatic carbocycles. The van der Waals surface area contributed by atoms with Gasteiger partial charge in [0.1, 0.15) is 0 Å². The van der Waals surface area contributed by atoms with E-state index in [2.05, 4.69) is 6.07 Å². The Morgan fingerprint density at radius 2 is 1.55 bits per heavy atom. The zero-order chi connectivity index (χ0) is 15.1. The number of rotatable bonds is 6. The predicted molar refractivity (Wildman–Crippen MR) is 75.5 cm³/mol. The topological polar surface area (TPSA) is 52.6 Å². The Labute approximate surface area is 120 Å². The van der Waals surface area contributed by atoms with Crippen LogP contribution in [-0.4, -0.2) is 25.2 Å². The van der Waals surface area contributed by atoms with Crippen molar-refractivity contribution in [3.05, 3.63) is 35.4 Å². The molecule has 0 heterocycles. The van der Waals surface area contributed by atoms with E-state index in [1.807, 2.05) is 27.7 Å². The van der Waals surface area contributed by atoms with Crippen molar-refractivity contribution < 1.29 is 19.1 Å². The first-order valence-electron chi connectivity index (χ1n) is 6.76. The van der Waals surface area contributed by atoms with Crippen molar-refractivity contribution in [1.29, 1.82) is 0 Å². The number of benzene rings is 1. The summed E-state index contributed by atoms with van der Waals surface area (Å²) in [6.45, 7) is 8.60. The van der Waals surface area contributed by atoms with Crippen LogP contribution in [0.4, 0.5) is 0 Å². The number of carbonyl (C=O) groups is 2. The number of carbonyl (C=O) groups excluding carboxylic acids is 2. The molecule has 0 atom stereocenters. The van der Waals surface area contributed by atoms with E-state index in [4.69, 9.17) is 9.47 Å². The fraction of sp³-hybridized carbons (Fsp3) is 0.500. The lowest BCUT2D eigenvalue weighted by Crippen LogP contribution is -2.12. The van der Waals surface area contributed by atoms with E-state index in [-0.39, 0.29) is 11.8 Å². The quantitative estimate of drug-likeness (QED) is 0.750. The second-order valence-corrected chi connectivity index (χ2v) is 5.48. The van der Waals surface area contributed by atoms with Gasteiger partial charge in [-0.05, 0) is 36.1 Å². The van der Waals surface area contributed by atoms with Gasteiger partial charge in [0.2, 0.25) is 0 Å².